The minimum atomic E-state index is 0.507. The van der Waals surface area contributed by atoms with Crippen LogP contribution in [-0.4, -0.2) is 9.78 Å². The number of aromatic nitrogens is 2. The van der Waals surface area contributed by atoms with Gasteiger partial charge < -0.3 is 5.21 Å². The fourth-order valence-corrected chi connectivity index (χ4v) is 1.01. The number of nitrogens with zero attached hydrogens (tertiary/aromatic N) is 3. The highest BCUT2D eigenvalue weighted by molar-refractivity contribution is 7.06. The first-order valence-electron chi connectivity index (χ1n) is 2.29. The number of aryl methyl sites for hydroxylation is 1. The number of hydrogen-bond acceptors (Lipinski definition) is 4. The topological polar surface area (TPSA) is 69.8 Å². The zero-order chi connectivity index (χ0) is 6.69. The van der Waals surface area contributed by atoms with Crippen LogP contribution in [0.5, 0.6) is 0 Å². The molecule has 50 valence electrons. The van der Waals surface area contributed by atoms with E-state index in [0.717, 1.165) is 0 Å². The van der Waals surface area contributed by atoms with Crippen molar-refractivity contribution in [1.29, 1.82) is 0 Å². The van der Waals surface area contributed by atoms with Gasteiger partial charge in [-0.1, -0.05) is 16.4 Å². The SMILES string of the molecule is Cn1ncs/c1=N/[NH2+][O-]. The molecule has 0 amide bonds. The first-order chi connectivity index (χ1) is 4.34. The van der Waals surface area contributed by atoms with E-state index in [-0.39, 0.29) is 0 Å². The van der Waals surface area contributed by atoms with Gasteiger partial charge in [-0.05, 0) is 0 Å². The molecule has 1 aromatic heterocycles. The smallest absolute Gasteiger partial charge is 0.261 e. The molecule has 2 N–H and O–H groups in total. The molecule has 0 radical (unpaired) electrons. The molecule has 1 heterocycles. The van der Waals surface area contributed by atoms with Gasteiger partial charge in [0, 0.05) is 7.05 Å². The molecule has 0 saturated carbocycles. The quantitative estimate of drug-likeness (QED) is 0.381. The van der Waals surface area contributed by atoms with Crippen LogP contribution in [0.15, 0.2) is 10.6 Å². The zero-order valence-electron chi connectivity index (χ0n) is 4.81. The Hall–Kier alpha value is -0.720. The Kier molecular flexibility index (Phi) is 1.93. The lowest BCUT2D eigenvalue weighted by Gasteiger charge is -1.87. The number of rotatable bonds is 1. The van der Waals surface area contributed by atoms with E-state index < -0.39 is 0 Å². The van der Waals surface area contributed by atoms with E-state index in [1.807, 2.05) is 0 Å². The molecule has 5 nitrogen and oxygen atoms in total. The van der Waals surface area contributed by atoms with Crippen molar-refractivity contribution in [2.75, 3.05) is 0 Å². The molecule has 1 aromatic rings. The molecule has 0 aliphatic carbocycles. The largest absolute Gasteiger partial charge is 0.608 e. The van der Waals surface area contributed by atoms with Crippen molar-refractivity contribution in [2.45, 2.75) is 0 Å². The van der Waals surface area contributed by atoms with Gasteiger partial charge in [-0.25, -0.2) is 4.68 Å². The van der Waals surface area contributed by atoms with Crippen molar-refractivity contribution < 1.29 is 5.59 Å². The van der Waals surface area contributed by atoms with Crippen molar-refractivity contribution in [2.24, 2.45) is 12.1 Å². The van der Waals surface area contributed by atoms with Crippen LogP contribution in [0.4, 0.5) is 0 Å². The van der Waals surface area contributed by atoms with Gasteiger partial charge in [0.1, 0.15) is 5.51 Å². The van der Waals surface area contributed by atoms with Crippen molar-refractivity contribution in [3.8, 4) is 0 Å². The summed E-state index contributed by atoms with van der Waals surface area (Å²) in [7, 11) is 1.73. The van der Waals surface area contributed by atoms with Crippen LogP contribution in [0.3, 0.4) is 0 Å². The van der Waals surface area contributed by atoms with E-state index in [0.29, 0.717) is 10.4 Å². The maximum atomic E-state index is 9.82. The highest BCUT2D eigenvalue weighted by atomic mass is 32.1. The third-order valence-corrected chi connectivity index (χ3v) is 1.60. The van der Waals surface area contributed by atoms with Gasteiger partial charge >= 0.3 is 0 Å². The molecule has 0 aliphatic rings. The van der Waals surface area contributed by atoms with E-state index >= 15 is 0 Å². The van der Waals surface area contributed by atoms with Crippen LogP contribution in [-0.2, 0) is 7.05 Å². The minimum Gasteiger partial charge on any atom is -0.608 e. The first-order valence-corrected chi connectivity index (χ1v) is 3.17. The van der Waals surface area contributed by atoms with Crippen molar-refractivity contribution in [1.82, 2.24) is 9.78 Å². The molecule has 0 unspecified atom stereocenters. The van der Waals surface area contributed by atoms with E-state index in [1.165, 1.54) is 11.3 Å². The van der Waals surface area contributed by atoms with Crippen LogP contribution in [0, 0.1) is 5.21 Å². The molecule has 0 saturated heterocycles. The third-order valence-electron chi connectivity index (χ3n) is 0.818. The lowest BCUT2D eigenvalue weighted by atomic mass is 11.2. The van der Waals surface area contributed by atoms with Crippen molar-refractivity contribution >= 4 is 11.3 Å². The monoisotopic (exact) mass is 146 g/mol. The van der Waals surface area contributed by atoms with Gasteiger partial charge in [0.05, 0.1) is 0 Å². The molecule has 0 aromatic carbocycles. The van der Waals surface area contributed by atoms with E-state index in [1.54, 1.807) is 17.2 Å². The fourth-order valence-electron chi connectivity index (χ4n) is 0.426. The second-order valence-electron chi connectivity index (χ2n) is 1.38. The van der Waals surface area contributed by atoms with E-state index in [9.17, 15) is 5.21 Å². The molecule has 1 rings (SSSR count). The second-order valence-corrected chi connectivity index (χ2v) is 2.19. The molecule has 0 aliphatic heterocycles. The summed E-state index contributed by atoms with van der Waals surface area (Å²) < 4.78 is 1.54. The number of quaternary nitrogens is 1. The zero-order valence-corrected chi connectivity index (χ0v) is 5.63. The Bertz CT molecular complexity index is 238. The molecule has 0 spiro atoms. The lowest BCUT2D eigenvalue weighted by Crippen LogP contribution is -2.71. The van der Waals surface area contributed by atoms with E-state index in [2.05, 4.69) is 10.2 Å². The average molecular weight is 146 g/mol. The van der Waals surface area contributed by atoms with Gasteiger partial charge in [0.15, 0.2) is 0 Å². The van der Waals surface area contributed by atoms with Crippen LogP contribution < -0.4 is 10.4 Å². The Morgan fingerprint density at radius 2 is 2.78 bits per heavy atom. The van der Waals surface area contributed by atoms with Gasteiger partial charge in [-0.2, -0.15) is 5.10 Å². The first kappa shape index (κ1) is 6.40. The predicted molar refractivity (Wildman–Crippen MR) is 31.9 cm³/mol. The molecule has 0 atom stereocenters. The lowest BCUT2D eigenvalue weighted by molar-refractivity contribution is -0.599. The number of hydrogen-bond donors (Lipinski definition) is 1. The van der Waals surface area contributed by atoms with Crippen molar-refractivity contribution in [3.05, 3.63) is 15.5 Å². The van der Waals surface area contributed by atoms with Gasteiger partial charge in [0.25, 0.3) is 4.80 Å². The van der Waals surface area contributed by atoms with Crippen LogP contribution in [0.2, 0.25) is 0 Å². The molecule has 6 heteroatoms. The summed E-state index contributed by atoms with van der Waals surface area (Å²) in [5.41, 5.74) is 2.13. The molecular formula is C3H6N4OS. The van der Waals surface area contributed by atoms with Gasteiger partial charge in [0.2, 0.25) is 0 Å². The summed E-state index contributed by atoms with van der Waals surface area (Å²) in [6.45, 7) is 0. The maximum Gasteiger partial charge on any atom is 0.261 e. The van der Waals surface area contributed by atoms with Gasteiger partial charge in [-0.3, -0.25) is 5.59 Å². The van der Waals surface area contributed by atoms with Crippen molar-refractivity contribution in [3.63, 3.8) is 0 Å². The minimum absolute atomic E-state index is 0.507. The molecule has 9 heavy (non-hydrogen) atoms. The predicted octanol–water partition coefficient (Wildman–Crippen LogP) is -1.64. The summed E-state index contributed by atoms with van der Waals surface area (Å²) in [5, 5.41) is 17.1. The number of nitrogens with two attached hydrogens (primary N) is 1. The molecule has 0 fully saturated rings. The fraction of sp³-hybridized carbons (Fsp3) is 0.333. The van der Waals surface area contributed by atoms with Crippen LogP contribution in [0.1, 0.15) is 0 Å². The Balaban J connectivity index is 3.07. The Morgan fingerprint density at radius 1 is 2.00 bits per heavy atom. The maximum absolute atomic E-state index is 9.82. The summed E-state index contributed by atoms with van der Waals surface area (Å²) in [5.74, 6) is 0. The third kappa shape index (κ3) is 1.35. The normalized spacial score (nSPS) is 12.4. The summed E-state index contributed by atoms with van der Waals surface area (Å²) >= 11 is 1.33. The standard InChI is InChI=1S/C3H6N4OS/c1-7-3(5-6-8)9-2-4-7/h2H,6H2,1H3/b5-3+. The van der Waals surface area contributed by atoms with Crippen LogP contribution in [0.25, 0.3) is 0 Å². The average Bonchev–Trinajstić information content (AvgIpc) is 2.18. The van der Waals surface area contributed by atoms with Crippen LogP contribution >= 0.6 is 11.3 Å². The van der Waals surface area contributed by atoms with E-state index in [4.69, 9.17) is 0 Å². The highest BCUT2D eigenvalue weighted by Gasteiger charge is 1.86. The summed E-state index contributed by atoms with van der Waals surface area (Å²) in [4.78, 5) is 0.616. The second kappa shape index (κ2) is 2.72. The summed E-state index contributed by atoms with van der Waals surface area (Å²) in [6, 6.07) is 0. The van der Waals surface area contributed by atoms with Gasteiger partial charge in [-0.15, -0.1) is 0 Å². The Morgan fingerprint density at radius 3 is 3.22 bits per heavy atom. The molecule has 0 bridgehead atoms. The Labute approximate surface area is 55.2 Å². The summed E-state index contributed by atoms with van der Waals surface area (Å²) in [6.07, 6.45) is 0. The molecular weight excluding hydrogens is 140 g/mol. The highest BCUT2D eigenvalue weighted by Crippen LogP contribution is 1.76.